The predicted octanol–water partition coefficient (Wildman–Crippen LogP) is 2.90. The molecule has 1 aromatic heterocycles. The second kappa shape index (κ2) is 5.61. The third kappa shape index (κ3) is 3.28. The van der Waals surface area contributed by atoms with Gasteiger partial charge >= 0.3 is 0 Å². The zero-order chi connectivity index (χ0) is 11.9. The number of para-hydroxylation sites is 2. The number of aromatic nitrogens is 2. The lowest BCUT2D eigenvalue weighted by Gasteiger charge is -1.94. The number of hydrogen-bond donors (Lipinski definition) is 1. The van der Waals surface area contributed by atoms with Crippen LogP contribution < -0.4 is 5.73 Å². The van der Waals surface area contributed by atoms with Crippen molar-refractivity contribution in [2.24, 2.45) is 0 Å². The maximum Gasteiger partial charge on any atom is 0.142 e. The Balaban J connectivity index is 0.000000153. The highest BCUT2D eigenvalue weighted by molar-refractivity contribution is 5.74. The van der Waals surface area contributed by atoms with Crippen LogP contribution in [0.4, 0.5) is 5.82 Å². The van der Waals surface area contributed by atoms with Gasteiger partial charge in [-0.15, -0.1) is 0 Å². The summed E-state index contributed by atoms with van der Waals surface area (Å²) in [4.78, 5) is 8.18. The highest BCUT2D eigenvalue weighted by Gasteiger charge is 1.92. The number of benzene rings is 2. The van der Waals surface area contributed by atoms with Crippen LogP contribution in [0.5, 0.6) is 0 Å². The van der Waals surface area contributed by atoms with Gasteiger partial charge in [-0.25, -0.2) is 4.98 Å². The molecule has 0 spiro atoms. The Labute approximate surface area is 100.0 Å². The van der Waals surface area contributed by atoms with Gasteiger partial charge in [0.15, 0.2) is 0 Å². The molecule has 17 heavy (non-hydrogen) atoms. The number of nitrogens with zero attached hydrogens (tertiary/aromatic N) is 2. The summed E-state index contributed by atoms with van der Waals surface area (Å²) in [6.07, 6.45) is 1.56. The first-order valence-electron chi connectivity index (χ1n) is 5.33. The summed E-state index contributed by atoms with van der Waals surface area (Å²) in [5.74, 6) is 0.462. The van der Waals surface area contributed by atoms with E-state index in [9.17, 15) is 0 Å². The Bertz CT molecular complexity index is 552. The minimum absolute atomic E-state index is 0.462. The minimum atomic E-state index is 0.462. The number of nitrogens with two attached hydrogens (primary N) is 1. The van der Waals surface area contributed by atoms with Gasteiger partial charge in [0, 0.05) is 0 Å². The fraction of sp³-hybridized carbons (Fsp3) is 0. The molecule has 3 heteroatoms. The highest BCUT2D eigenvalue weighted by Crippen LogP contribution is 2.08. The highest BCUT2D eigenvalue weighted by atomic mass is 14.9. The van der Waals surface area contributed by atoms with Gasteiger partial charge in [0.25, 0.3) is 0 Å². The number of fused-ring (bicyclic) bond motifs is 1. The molecule has 0 atom stereocenters. The van der Waals surface area contributed by atoms with Crippen LogP contribution in [0.3, 0.4) is 0 Å². The first kappa shape index (κ1) is 11.1. The first-order chi connectivity index (χ1) is 8.36. The molecule has 3 aromatic rings. The van der Waals surface area contributed by atoms with Gasteiger partial charge < -0.3 is 5.73 Å². The molecular weight excluding hydrogens is 210 g/mol. The van der Waals surface area contributed by atoms with Crippen LogP contribution in [0.1, 0.15) is 0 Å². The molecule has 0 fully saturated rings. The second-order valence-corrected chi connectivity index (χ2v) is 3.44. The van der Waals surface area contributed by atoms with Crippen molar-refractivity contribution in [1.29, 1.82) is 0 Å². The van der Waals surface area contributed by atoms with Crippen LogP contribution in [-0.4, -0.2) is 9.97 Å². The van der Waals surface area contributed by atoms with Crippen molar-refractivity contribution in [2.75, 3.05) is 5.73 Å². The van der Waals surface area contributed by atoms with Gasteiger partial charge in [0.1, 0.15) is 5.82 Å². The SMILES string of the molecule is Nc1cnc2ccccc2n1.c1ccccc1. The molecule has 2 N–H and O–H groups in total. The van der Waals surface area contributed by atoms with Crippen molar-refractivity contribution in [3.05, 3.63) is 66.9 Å². The van der Waals surface area contributed by atoms with Crippen LogP contribution in [0.2, 0.25) is 0 Å². The van der Waals surface area contributed by atoms with E-state index < -0.39 is 0 Å². The third-order valence-corrected chi connectivity index (χ3v) is 2.13. The number of anilines is 1. The van der Waals surface area contributed by atoms with Gasteiger partial charge in [-0.3, -0.25) is 4.98 Å². The number of hydrogen-bond acceptors (Lipinski definition) is 3. The standard InChI is InChI=1S/C8H7N3.C6H6/c9-8-5-10-6-3-1-2-4-7(6)11-8;1-2-4-6-5-3-1/h1-5H,(H2,9,11);1-6H. The molecule has 0 aliphatic rings. The van der Waals surface area contributed by atoms with Crippen LogP contribution in [0.25, 0.3) is 11.0 Å². The summed E-state index contributed by atoms with van der Waals surface area (Å²) >= 11 is 0. The monoisotopic (exact) mass is 223 g/mol. The van der Waals surface area contributed by atoms with Crippen molar-refractivity contribution in [3.63, 3.8) is 0 Å². The van der Waals surface area contributed by atoms with Crippen molar-refractivity contribution in [1.82, 2.24) is 9.97 Å². The Kier molecular flexibility index (Phi) is 3.65. The lowest BCUT2D eigenvalue weighted by Crippen LogP contribution is -1.91. The molecule has 1 heterocycles. The normalized spacial score (nSPS) is 9.41. The van der Waals surface area contributed by atoms with Gasteiger partial charge in [0.2, 0.25) is 0 Å². The summed E-state index contributed by atoms with van der Waals surface area (Å²) < 4.78 is 0. The number of rotatable bonds is 0. The molecule has 3 nitrogen and oxygen atoms in total. The van der Waals surface area contributed by atoms with Crippen LogP contribution in [0.15, 0.2) is 66.9 Å². The summed E-state index contributed by atoms with van der Waals surface area (Å²) in [5, 5.41) is 0. The maximum absolute atomic E-state index is 5.45. The van der Waals surface area contributed by atoms with Crippen LogP contribution in [-0.2, 0) is 0 Å². The summed E-state index contributed by atoms with van der Waals surface area (Å²) in [6.45, 7) is 0. The maximum atomic E-state index is 5.45. The smallest absolute Gasteiger partial charge is 0.142 e. The zero-order valence-electron chi connectivity index (χ0n) is 9.32. The van der Waals surface area contributed by atoms with Crippen molar-refractivity contribution in [2.45, 2.75) is 0 Å². The topological polar surface area (TPSA) is 51.8 Å². The lowest BCUT2D eigenvalue weighted by molar-refractivity contribution is 1.30. The van der Waals surface area contributed by atoms with Gasteiger partial charge in [-0.2, -0.15) is 0 Å². The Morgan fingerprint density at radius 3 is 1.82 bits per heavy atom. The van der Waals surface area contributed by atoms with Crippen LogP contribution >= 0.6 is 0 Å². The van der Waals surface area contributed by atoms with Crippen molar-refractivity contribution >= 4 is 16.9 Å². The molecule has 0 aliphatic heterocycles. The molecule has 0 aliphatic carbocycles. The van der Waals surface area contributed by atoms with Crippen molar-refractivity contribution < 1.29 is 0 Å². The van der Waals surface area contributed by atoms with Crippen LogP contribution in [0, 0.1) is 0 Å². The van der Waals surface area contributed by atoms with E-state index in [1.165, 1.54) is 0 Å². The van der Waals surface area contributed by atoms with E-state index in [4.69, 9.17) is 5.73 Å². The van der Waals surface area contributed by atoms with E-state index in [2.05, 4.69) is 9.97 Å². The van der Waals surface area contributed by atoms with Gasteiger partial charge in [0.05, 0.1) is 17.2 Å². The van der Waals surface area contributed by atoms with Crippen molar-refractivity contribution in [3.8, 4) is 0 Å². The molecule has 3 rings (SSSR count). The van der Waals surface area contributed by atoms with E-state index in [0.717, 1.165) is 11.0 Å². The Hall–Kier alpha value is -2.42. The van der Waals surface area contributed by atoms with Gasteiger partial charge in [-0.1, -0.05) is 48.5 Å². The van der Waals surface area contributed by atoms with E-state index in [-0.39, 0.29) is 0 Å². The summed E-state index contributed by atoms with van der Waals surface area (Å²) in [7, 11) is 0. The molecule has 2 aromatic carbocycles. The zero-order valence-corrected chi connectivity index (χ0v) is 9.32. The summed E-state index contributed by atoms with van der Waals surface area (Å²) in [5.41, 5.74) is 7.17. The molecular formula is C14H13N3. The second-order valence-electron chi connectivity index (χ2n) is 3.44. The predicted molar refractivity (Wildman–Crippen MR) is 70.4 cm³/mol. The van der Waals surface area contributed by atoms with E-state index in [1.807, 2.05) is 60.7 Å². The molecule has 0 saturated heterocycles. The fourth-order valence-electron chi connectivity index (χ4n) is 1.36. The molecule has 84 valence electrons. The third-order valence-electron chi connectivity index (χ3n) is 2.13. The summed E-state index contributed by atoms with van der Waals surface area (Å²) in [6, 6.07) is 19.6. The average molecular weight is 223 g/mol. The average Bonchev–Trinajstić information content (AvgIpc) is 2.41. The van der Waals surface area contributed by atoms with E-state index in [1.54, 1.807) is 6.20 Å². The molecule has 0 unspecified atom stereocenters. The van der Waals surface area contributed by atoms with E-state index in [0.29, 0.717) is 5.82 Å². The fourth-order valence-corrected chi connectivity index (χ4v) is 1.36. The Morgan fingerprint density at radius 1 is 0.706 bits per heavy atom. The quantitative estimate of drug-likeness (QED) is 0.637. The Morgan fingerprint density at radius 2 is 1.24 bits per heavy atom. The lowest BCUT2D eigenvalue weighted by atomic mass is 10.3. The molecule has 0 radical (unpaired) electrons. The number of nitrogen functional groups attached to an aromatic ring is 1. The van der Waals surface area contributed by atoms with Gasteiger partial charge in [-0.05, 0) is 12.1 Å². The van der Waals surface area contributed by atoms with E-state index >= 15 is 0 Å². The molecule has 0 saturated carbocycles. The largest absolute Gasteiger partial charge is 0.382 e. The molecule has 0 bridgehead atoms. The molecule has 0 amide bonds. The first-order valence-corrected chi connectivity index (χ1v) is 5.33. The minimum Gasteiger partial charge on any atom is -0.382 e.